The lowest BCUT2D eigenvalue weighted by Gasteiger charge is -2.11. The largest absolute Gasteiger partial charge is 0.573 e. The quantitative estimate of drug-likeness (QED) is 0.757. The molecule has 0 amide bonds. The summed E-state index contributed by atoms with van der Waals surface area (Å²) in [6.07, 6.45) is -5.65. The molecular formula is C10H9F3O5. The van der Waals surface area contributed by atoms with Gasteiger partial charge in [0.1, 0.15) is 12.7 Å². The van der Waals surface area contributed by atoms with Crippen LogP contribution in [0.1, 0.15) is 11.7 Å². The molecule has 0 radical (unpaired) electrons. The molecule has 1 atom stereocenters. The van der Waals surface area contributed by atoms with Crippen molar-refractivity contribution in [3.05, 3.63) is 23.8 Å². The monoisotopic (exact) mass is 266 g/mol. The number of hydrogen-bond donors (Lipinski definition) is 2. The molecule has 1 aliphatic rings. The van der Waals surface area contributed by atoms with Crippen LogP contribution >= 0.6 is 0 Å². The summed E-state index contributed by atoms with van der Waals surface area (Å²) in [5.74, 6) is -0.459. The summed E-state index contributed by atoms with van der Waals surface area (Å²) in [6.45, 7) is -0.298. The van der Waals surface area contributed by atoms with Crippen LogP contribution in [0.4, 0.5) is 13.2 Å². The number of ether oxygens (including phenoxy) is 2. The number of benzene rings is 1. The van der Waals surface area contributed by atoms with Gasteiger partial charge in [-0.15, -0.1) is 13.2 Å². The third-order valence-electron chi connectivity index (χ3n) is 1.98. The first-order chi connectivity index (χ1) is 8.39. The van der Waals surface area contributed by atoms with Gasteiger partial charge in [0, 0.05) is 5.56 Å². The molecule has 1 aromatic carbocycles. The fourth-order valence-corrected chi connectivity index (χ4v) is 1.41. The summed E-state index contributed by atoms with van der Waals surface area (Å²) in [4.78, 5) is 8.36. The number of aliphatic hydroxyl groups excluding tert-OH is 1. The number of para-hydroxylation sites is 1. The molecule has 0 unspecified atom stereocenters. The first-order valence-corrected chi connectivity index (χ1v) is 4.66. The van der Waals surface area contributed by atoms with E-state index in [0.29, 0.717) is 5.56 Å². The van der Waals surface area contributed by atoms with Gasteiger partial charge in [0.25, 0.3) is 6.47 Å². The summed E-state index contributed by atoms with van der Waals surface area (Å²) in [5.41, 5.74) is 0.316. The van der Waals surface area contributed by atoms with Crippen molar-refractivity contribution in [2.24, 2.45) is 0 Å². The van der Waals surface area contributed by atoms with Gasteiger partial charge in [-0.05, 0) is 6.07 Å². The normalized spacial score (nSPS) is 17.0. The summed E-state index contributed by atoms with van der Waals surface area (Å²) in [5, 5.41) is 16.2. The van der Waals surface area contributed by atoms with Crippen molar-refractivity contribution < 1.29 is 37.7 Å². The molecule has 0 spiro atoms. The second-order valence-corrected chi connectivity index (χ2v) is 3.15. The Morgan fingerprint density at radius 3 is 2.61 bits per heavy atom. The third kappa shape index (κ3) is 3.52. The molecule has 1 aromatic rings. The number of carboxylic acid groups (broad SMARTS) is 1. The van der Waals surface area contributed by atoms with Crippen LogP contribution < -0.4 is 9.47 Å². The lowest BCUT2D eigenvalue weighted by atomic mass is 10.1. The number of fused-ring (bicyclic) bond motifs is 1. The molecule has 18 heavy (non-hydrogen) atoms. The minimum absolute atomic E-state index is 0.0395. The van der Waals surface area contributed by atoms with Gasteiger partial charge in [-0.2, -0.15) is 0 Å². The van der Waals surface area contributed by atoms with E-state index in [1.807, 2.05) is 0 Å². The average molecular weight is 266 g/mol. The molecule has 0 aromatic heterocycles. The molecule has 2 rings (SSSR count). The van der Waals surface area contributed by atoms with E-state index in [1.54, 1.807) is 0 Å². The van der Waals surface area contributed by atoms with Gasteiger partial charge < -0.3 is 19.7 Å². The molecule has 1 aliphatic heterocycles. The molecule has 100 valence electrons. The van der Waals surface area contributed by atoms with E-state index in [0.717, 1.165) is 6.07 Å². The van der Waals surface area contributed by atoms with E-state index >= 15 is 0 Å². The van der Waals surface area contributed by atoms with Crippen molar-refractivity contribution >= 4 is 6.47 Å². The van der Waals surface area contributed by atoms with Crippen molar-refractivity contribution in [2.75, 3.05) is 6.61 Å². The Hall–Kier alpha value is -1.96. The van der Waals surface area contributed by atoms with Gasteiger partial charge in [0.15, 0.2) is 11.5 Å². The molecule has 0 saturated carbocycles. The Morgan fingerprint density at radius 2 is 2.06 bits per heavy atom. The van der Waals surface area contributed by atoms with E-state index in [9.17, 15) is 18.3 Å². The SMILES string of the molecule is O=CO.O[C@H]1COc2c(OC(F)(F)F)cccc21. The van der Waals surface area contributed by atoms with Crippen LogP contribution in [0.25, 0.3) is 0 Å². The topological polar surface area (TPSA) is 76.0 Å². The second kappa shape index (κ2) is 5.58. The zero-order valence-corrected chi connectivity index (χ0v) is 8.85. The Kier molecular flexibility index (Phi) is 4.38. The van der Waals surface area contributed by atoms with Crippen molar-refractivity contribution in [2.45, 2.75) is 12.5 Å². The maximum absolute atomic E-state index is 12.0. The van der Waals surface area contributed by atoms with Crippen LogP contribution in [0.2, 0.25) is 0 Å². The highest BCUT2D eigenvalue weighted by molar-refractivity contribution is 5.49. The highest BCUT2D eigenvalue weighted by Crippen LogP contribution is 2.41. The first kappa shape index (κ1) is 14.1. The lowest BCUT2D eigenvalue weighted by Crippen LogP contribution is -2.17. The van der Waals surface area contributed by atoms with Crippen LogP contribution in [0.3, 0.4) is 0 Å². The molecule has 2 N–H and O–H groups in total. The maximum atomic E-state index is 12.0. The Bertz CT molecular complexity index is 418. The Labute approximate surface area is 99.4 Å². The van der Waals surface area contributed by atoms with E-state index < -0.39 is 18.2 Å². The summed E-state index contributed by atoms with van der Waals surface area (Å²) in [6, 6.07) is 4.01. The minimum atomic E-state index is -4.76. The molecule has 5 nitrogen and oxygen atoms in total. The van der Waals surface area contributed by atoms with Gasteiger partial charge in [0.05, 0.1) is 0 Å². The van der Waals surface area contributed by atoms with Crippen LogP contribution in [0.15, 0.2) is 18.2 Å². The molecule has 0 saturated heterocycles. The number of alkyl halides is 3. The predicted molar refractivity (Wildman–Crippen MR) is 52.3 cm³/mol. The fourth-order valence-electron chi connectivity index (χ4n) is 1.41. The number of carbonyl (C=O) groups is 1. The summed E-state index contributed by atoms with van der Waals surface area (Å²) in [7, 11) is 0. The maximum Gasteiger partial charge on any atom is 0.573 e. The van der Waals surface area contributed by atoms with Crippen molar-refractivity contribution in [1.29, 1.82) is 0 Å². The highest BCUT2D eigenvalue weighted by atomic mass is 19.4. The number of halogens is 3. The highest BCUT2D eigenvalue weighted by Gasteiger charge is 2.35. The van der Waals surface area contributed by atoms with Crippen LogP contribution in [-0.2, 0) is 4.79 Å². The number of hydrogen-bond acceptors (Lipinski definition) is 4. The van der Waals surface area contributed by atoms with Gasteiger partial charge in [-0.25, -0.2) is 0 Å². The smallest absolute Gasteiger partial charge is 0.486 e. The number of rotatable bonds is 1. The fraction of sp³-hybridized carbons (Fsp3) is 0.300. The number of aliphatic hydroxyl groups is 1. The molecule has 0 bridgehead atoms. The molecule has 1 heterocycles. The van der Waals surface area contributed by atoms with Gasteiger partial charge in [-0.1, -0.05) is 12.1 Å². The van der Waals surface area contributed by atoms with Gasteiger partial charge >= 0.3 is 6.36 Å². The van der Waals surface area contributed by atoms with Crippen molar-refractivity contribution in [3.8, 4) is 11.5 Å². The first-order valence-electron chi connectivity index (χ1n) is 4.66. The molecular weight excluding hydrogens is 257 g/mol. The molecule has 8 heteroatoms. The third-order valence-corrected chi connectivity index (χ3v) is 1.98. The van der Waals surface area contributed by atoms with E-state index in [1.165, 1.54) is 12.1 Å². The van der Waals surface area contributed by atoms with Gasteiger partial charge in [0.2, 0.25) is 0 Å². The van der Waals surface area contributed by atoms with Crippen LogP contribution in [0.5, 0.6) is 11.5 Å². The lowest BCUT2D eigenvalue weighted by molar-refractivity contribution is -0.275. The predicted octanol–water partition coefficient (Wildman–Crippen LogP) is 1.71. The molecule has 0 aliphatic carbocycles. The summed E-state index contributed by atoms with van der Waals surface area (Å²) >= 11 is 0. The van der Waals surface area contributed by atoms with E-state index in [4.69, 9.17) is 14.6 Å². The molecule has 0 fully saturated rings. The van der Waals surface area contributed by atoms with Crippen LogP contribution in [-0.4, -0.2) is 29.7 Å². The van der Waals surface area contributed by atoms with Crippen molar-refractivity contribution in [1.82, 2.24) is 0 Å². The van der Waals surface area contributed by atoms with E-state index in [-0.39, 0.29) is 18.8 Å². The van der Waals surface area contributed by atoms with Gasteiger partial charge in [-0.3, -0.25) is 4.79 Å². The Morgan fingerprint density at radius 1 is 1.44 bits per heavy atom. The Balaban J connectivity index is 0.000000492. The zero-order valence-electron chi connectivity index (χ0n) is 8.85. The minimum Gasteiger partial charge on any atom is -0.486 e. The van der Waals surface area contributed by atoms with Crippen LogP contribution in [0, 0.1) is 0 Å². The van der Waals surface area contributed by atoms with E-state index in [2.05, 4.69) is 4.74 Å². The average Bonchev–Trinajstić information content (AvgIpc) is 2.61. The second-order valence-electron chi connectivity index (χ2n) is 3.15. The summed E-state index contributed by atoms with van der Waals surface area (Å²) < 4.78 is 44.6. The standard InChI is InChI=1S/C9H7F3O3.CH2O2/c10-9(11,12)15-7-3-1-2-5-6(13)4-14-8(5)7;2-1-3/h1-3,6,13H,4H2;1H,(H,2,3)/t6-;/m0./s1. The van der Waals surface area contributed by atoms with Crippen molar-refractivity contribution in [3.63, 3.8) is 0 Å². The zero-order chi connectivity index (χ0) is 13.8.